The van der Waals surface area contributed by atoms with Gasteiger partial charge in [0.25, 0.3) is 5.91 Å². The number of carbonyl (C=O) groups excluding carboxylic acids is 1. The number of hydrogen-bond acceptors (Lipinski definition) is 3. The third-order valence-corrected chi connectivity index (χ3v) is 4.34. The number of benzene rings is 1. The summed E-state index contributed by atoms with van der Waals surface area (Å²) < 4.78 is 0. The lowest BCUT2D eigenvalue weighted by Crippen LogP contribution is -2.40. The Balaban J connectivity index is 2.18. The molecule has 110 valence electrons. The lowest BCUT2D eigenvalue weighted by Gasteiger charge is -2.34. The summed E-state index contributed by atoms with van der Waals surface area (Å²) in [7, 11) is 1.91. The summed E-state index contributed by atoms with van der Waals surface area (Å²) in [6.07, 6.45) is 4.68. The first-order valence-corrected chi connectivity index (χ1v) is 7.37. The van der Waals surface area contributed by atoms with E-state index in [1.165, 1.54) is 12.8 Å². The highest BCUT2D eigenvalue weighted by atomic mass is 16.2. The van der Waals surface area contributed by atoms with E-state index in [1.807, 2.05) is 37.1 Å². The SMILES string of the molecule is Cc1ccc(C(=O)N(C)C2CCCC(C)C2)c(NN)c1. The number of nitrogens with zero attached hydrogens (tertiary/aromatic N) is 1. The Hall–Kier alpha value is -1.55. The summed E-state index contributed by atoms with van der Waals surface area (Å²) in [4.78, 5) is 14.6. The molecular formula is C16H25N3O. The van der Waals surface area contributed by atoms with E-state index < -0.39 is 0 Å². The average Bonchev–Trinajstić information content (AvgIpc) is 2.45. The van der Waals surface area contributed by atoms with Crippen molar-refractivity contribution in [3.05, 3.63) is 29.3 Å². The van der Waals surface area contributed by atoms with E-state index in [2.05, 4.69) is 12.3 Å². The van der Waals surface area contributed by atoms with E-state index in [-0.39, 0.29) is 5.91 Å². The minimum absolute atomic E-state index is 0.0528. The Labute approximate surface area is 121 Å². The number of anilines is 1. The third-order valence-electron chi connectivity index (χ3n) is 4.34. The highest BCUT2D eigenvalue weighted by Crippen LogP contribution is 2.28. The van der Waals surface area contributed by atoms with Crippen LogP contribution in [-0.2, 0) is 0 Å². The molecule has 2 unspecified atom stereocenters. The molecule has 3 N–H and O–H groups in total. The smallest absolute Gasteiger partial charge is 0.255 e. The van der Waals surface area contributed by atoms with Crippen LogP contribution in [0.5, 0.6) is 0 Å². The van der Waals surface area contributed by atoms with Gasteiger partial charge in [0.05, 0.1) is 11.3 Å². The zero-order chi connectivity index (χ0) is 14.7. The molecule has 0 heterocycles. The minimum atomic E-state index is 0.0528. The first-order valence-electron chi connectivity index (χ1n) is 7.37. The number of aryl methyl sites for hydroxylation is 1. The topological polar surface area (TPSA) is 58.4 Å². The number of nitrogens with one attached hydrogen (secondary N) is 1. The Kier molecular flexibility index (Phi) is 4.65. The van der Waals surface area contributed by atoms with E-state index >= 15 is 0 Å². The van der Waals surface area contributed by atoms with Crippen LogP contribution in [0.3, 0.4) is 0 Å². The van der Waals surface area contributed by atoms with E-state index in [4.69, 9.17) is 5.84 Å². The predicted octanol–water partition coefficient (Wildman–Crippen LogP) is 2.93. The number of nitrogen functional groups attached to an aromatic ring is 1. The van der Waals surface area contributed by atoms with Crippen LogP contribution in [0.4, 0.5) is 5.69 Å². The molecule has 1 saturated carbocycles. The van der Waals surface area contributed by atoms with Crippen LogP contribution in [0.25, 0.3) is 0 Å². The number of carbonyl (C=O) groups is 1. The lowest BCUT2D eigenvalue weighted by molar-refractivity contribution is 0.0673. The molecule has 0 radical (unpaired) electrons. The van der Waals surface area contributed by atoms with Gasteiger partial charge in [-0.2, -0.15) is 0 Å². The van der Waals surface area contributed by atoms with Crippen molar-refractivity contribution in [2.75, 3.05) is 12.5 Å². The standard InChI is InChI=1S/C16H25N3O/c1-11-5-4-6-13(9-11)19(3)16(20)14-8-7-12(2)10-15(14)18-17/h7-8,10-11,13,18H,4-6,9,17H2,1-3H3. The first-order chi connectivity index (χ1) is 9.52. The fourth-order valence-electron chi connectivity index (χ4n) is 3.07. The highest BCUT2D eigenvalue weighted by Gasteiger charge is 2.27. The summed E-state index contributed by atoms with van der Waals surface area (Å²) in [5.74, 6) is 6.29. The average molecular weight is 275 g/mol. The maximum Gasteiger partial charge on any atom is 0.255 e. The molecule has 1 amide bonds. The lowest BCUT2D eigenvalue weighted by atomic mass is 9.86. The summed E-state index contributed by atoms with van der Waals surface area (Å²) >= 11 is 0. The first kappa shape index (κ1) is 14.9. The van der Waals surface area contributed by atoms with Crippen molar-refractivity contribution in [1.29, 1.82) is 0 Å². The highest BCUT2D eigenvalue weighted by molar-refractivity contribution is 5.99. The van der Waals surface area contributed by atoms with Gasteiger partial charge in [-0.1, -0.05) is 25.8 Å². The van der Waals surface area contributed by atoms with E-state index in [9.17, 15) is 4.79 Å². The summed E-state index contributed by atoms with van der Waals surface area (Å²) in [6, 6.07) is 6.06. The summed E-state index contributed by atoms with van der Waals surface area (Å²) in [5, 5.41) is 0. The van der Waals surface area contributed by atoms with Crippen molar-refractivity contribution < 1.29 is 4.79 Å². The van der Waals surface area contributed by atoms with Crippen LogP contribution in [0, 0.1) is 12.8 Å². The van der Waals surface area contributed by atoms with Crippen molar-refractivity contribution in [2.24, 2.45) is 11.8 Å². The molecule has 2 atom stereocenters. The molecular weight excluding hydrogens is 250 g/mol. The summed E-state index contributed by atoms with van der Waals surface area (Å²) in [6.45, 7) is 4.25. The molecule has 4 nitrogen and oxygen atoms in total. The van der Waals surface area contributed by atoms with E-state index in [0.29, 0.717) is 23.2 Å². The van der Waals surface area contributed by atoms with Crippen molar-refractivity contribution in [3.63, 3.8) is 0 Å². The van der Waals surface area contributed by atoms with Crippen LogP contribution in [0.15, 0.2) is 18.2 Å². The van der Waals surface area contributed by atoms with Gasteiger partial charge in [0.2, 0.25) is 0 Å². The van der Waals surface area contributed by atoms with Crippen LogP contribution >= 0.6 is 0 Å². The molecule has 0 aromatic heterocycles. The van der Waals surface area contributed by atoms with Gasteiger partial charge in [-0.15, -0.1) is 0 Å². The molecule has 1 aliphatic rings. The number of nitrogens with two attached hydrogens (primary N) is 1. The van der Waals surface area contributed by atoms with Crippen LogP contribution < -0.4 is 11.3 Å². The maximum atomic E-state index is 12.7. The van der Waals surface area contributed by atoms with Gasteiger partial charge in [-0.25, -0.2) is 0 Å². The molecule has 4 heteroatoms. The second-order valence-corrected chi connectivity index (χ2v) is 6.04. The van der Waals surface area contributed by atoms with Gasteiger partial charge in [0.15, 0.2) is 0 Å². The van der Waals surface area contributed by atoms with Gasteiger partial charge < -0.3 is 10.3 Å². The monoisotopic (exact) mass is 275 g/mol. The Morgan fingerprint density at radius 3 is 2.80 bits per heavy atom. The molecule has 1 aromatic rings. The van der Waals surface area contributed by atoms with Crippen molar-refractivity contribution >= 4 is 11.6 Å². The van der Waals surface area contributed by atoms with Gasteiger partial charge in [-0.05, 0) is 43.4 Å². The minimum Gasteiger partial charge on any atom is -0.339 e. The number of hydrazine groups is 1. The number of rotatable bonds is 3. The normalized spacial score (nSPS) is 22.4. The molecule has 0 saturated heterocycles. The van der Waals surface area contributed by atoms with Crippen molar-refractivity contribution in [3.8, 4) is 0 Å². The number of hydrogen-bond donors (Lipinski definition) is 2. The number of amides is 1. The molecule has 0 spiro atoms. The Morgan fingerprint density at radius 1 is 1.40 bits per heavy atom. The van der Waals surface area contributed by atoms with Crippen molar-refractivity contribution in [2.45, 2.75) is 45.6 Å². The van der Waals surface area contributed by atoms with E-state index in [0.717, 1.165) is 18.4 Å². The second kappa shape index (κ2) is 6.27. The molecule has 1 fully saturated rings. The molecule has 20 heavy (non-hydrogen) atoms. The molecule has 1 aliphatic carbocycles. The Bertz CT molecular complexity index is 487. The van der Waals surface area contributed by atoms with E-state index in [1.54, 1.807) is 0 Å². The van der Waals surface area contributed by atoms with Gasteiger partial charge in [0.1, 0.15) is 0 Å². The molecule has 0 aliphatic heterocycles. The molecule has 0 bridgehead atoms. The molecule has 2 rings (SSSR count). The fraction of sp³-hybridized carbons (Fsp3) is 0.562. The van der Waals surface area contributed by atoms with Gasteiger partial charge in [-0.3, -0.25) is 10.6 Å². The molecule has 1 aromatic carbocycles. The zero-order valence-corrected chi connectivity index (χ0v) is 12.6. The van der Waals surface area contributed by atoms with Crippen molar-refractivity contribution in [1.82, 2.24) is 4.90 Å². The maximum absolute atomic E-state index is 12.7. The largest absolute Gasteiger partial charge is 0.339 e. The zero-order valence-electron chi connectivity index (χ0n) is 12.6. The second-order valence-electron chi connectivity index (χ2n) is 6.04. The third kappa shape index (κ3) is 3.12. The van der Waals surface area contributed by atoms with Crippen LogP contribution in [-0.4, -0.2) is 23.9 Å². The van der Waals surface area contributed by atoms with Crippen LogP contribution in [0.1, 0.15) is 48.5 Å². The Morgan fingerprint density at radius 2 is 2.15 bits per heavy atom. The predicted molar refractivity (Wildman–Crippen MR) is 82.5 cm³/mol. The van der Waals surface area contributed by atoms with Gasteiger partial charge in [0, 0.05) is 13.1 Å². The van der Waals surface area contributed by atoms with Crippen LogP contribution in [0.2, 0.25) is 0 Å². The fourth-order valence-corrected chi connectivity index (χ4v) is 3.07. The summed E-state index contributed by atoms with van der Waals surface area (Å²) in [5.41, 5.74) is 5.07. The van der Waals surface area contributed by atoms with Gasteiger partial charge >= 0.3 is 0 Å². The quantitative estimate of drug-likeness (QED) is 0.658.